The van der Waals surface area contributed by atoms with Crippen LogP contribution in [0.25, 0.3) is 21.9 Å². The van der Waals surface area contributed by atoms with Crippen LogP contribution in [0.15, 0.2) is 71.1 Å². The molecule has 0 radical (unpaired) electrons. The number of furan rings is 1. The summed E-state index contributed by atoms with van der Waals surface area (Å²) in [6.45, 7) is 3.73. The van der Waals surface area contributed by atoms with Gasteiger partial charge >= 0.3 is 0 Å². The van der Waals surface area contributed by atoms with Gasteiger partial charge in [0.05, 0.1) is 0 Å². The van der Waals surface area contributed by atoms with Gasteiger partial charge in [0.1, 0.15) is 16.9 Å². The number of para-hydroxylation sites is 1. The Morgan fingerprint density at radius 2 is 1.77 bits per heavy atom. The first-order chi connectivity index (χ1) is 12.6. The summed E-state index contributed by atoms with van der Waals surface area (Å²) in [6.07, 6.45) is -0.603. The SMILES string of the molecule is Cc1cccc(OC(C)C(=O)Nc2ccc3oc4ccccc4c3c2)c1. The average molecular weight is 345 g/mol. The number of amides is 1. The minimum atomic E-state index is -0.603. The Labute approximate surface area is 151 Å². The predicted octanol–water partition coefficient (Wildman–Crippen LogP) is 5.30. The number of hydrogen-bond donors (Lipinski definition) is 1. The molecule has 0 saturated carbocycles. The van der Waals surface area contributed by atoms with E-state index in [-0.39, 0.29) is 5.91 Å². The molecule has 0 aliphatic heterocycles. The molecule has 1 heterocycles. The molecule has 0 saturated heterocycles. The number of benzene rings is 3. The molecule has 0 aliphatic carbocycles. The first-order valence-electron chi connectivity index (χ1n) is 8.55. The van der Waals surface area contributed by atoms with Crippen LogP contribution in [0.4, 0.5) is 5.69 Å². The molecule has 130 valence electrons. The summed E-state index contributed by atoms with van der Waals surface area (Å²) in [6, 6.07) is 21.2. The van der Waals surface area contributed by atoms with Gasteiger partial charge in [0.25, 0.3) is 5.91 Å². The molecule has 3 aromatic carbocycles. The van der Waals surface area contributed by atoms with E-state index in [0.717, 1.165) is 27.5 Å². The van der Waals surface area contributed by atoms with E-state index in [9.17, 15) is 4.79 Å². The second kappa shape index (κ2) is 6.56. The van der Waals surface area contributed by atoms with E-state index in [1.54, 1.807) is 6.92 Å². The molecule has 1 unspecified atom stereocenters. The highest BCUT2D eigenvalue weighted by atomic mass is 16.5. The van der Waals surface area contributed by atoms with Crippen molar-refractivity contribution in [1.29, 1.82) is 0 Å². The maximum atomic E-state index is 12.5. The molecule has 4 heteroatoms. The zero-order chi connectivity index (χ0) is 18.1. The summed E-state index contributed by atoms with van der Waals surface area (Å²) >= 11 is 0. The molecule has 1 atom stereocenters. The van der Waals surface area contributed by atoms with Gasteiger partial charge < -0.3 is 14.5 Å². The van der Waals surface area contributed by atoms with Crippen LogP contribution in [0, 0.1) is 6.92 Å². The highest BCUT2D eigenvalue weighted by Gasteiger charge is 2.16. The van der Waals surface area contributed by atoms with Gasteiger partial charge in [-0.15, -0.1) is 0 Å². The zero-order valence-corrected chi connectivity index (χ0v) is 14.7. The standard InChI is InChI=1S/C22H19NO3/c1-14-6-5-7-17(12-14)25-15(2)22(24)23-16-10-11-21-19(13-16)18-8-3-4-9-20(18)26-21/h3-13,15H,1-2H3,(H,23,24). The Hall–Kier alpha value is -3.27. The molecule has 4 rings (SSSR count). The number of aryl methyl sites for hydroxylation is 1. The Balaban J connectivity index is 1.54. The third-order valence-corrected chi connectivity index (χ3v) is 4.32. The highest BCUT2D eigenvalue weighted by Crippen LogP contribution is 2.30. The van der Waals surface area contributed by atoms with Crippen molar-refractivity contribution in [2.75, 3.05) is 5.32 Å². The molecule has 0 spiro atoms. The van der Waals surface area contributed by atoms with Crippen LogP contribution in [0.1, 0.15) is 12.5 Å². The summed E-state index contributed by atoms with van der Waals surface area (Å²) in [5.41, 5.74) is 3.44. The number of rotatable bonds is 4. The topological polar surface area (TPSA) is 51.5 Å². The second-order valence-corrected chi connectivity index (χ2v) is 6.37. The minimum absolute atomic E-state index is 0.196. The lowest BCUT2D eigenvalue weighted by molar-refractivity contribution is -0.122. The molecule has 0 aliphatic rings. The molecular formula is C22H19NO3. The van der Waals surface area contributed by atoms with Crippen LogP contribution in [0.2, 0.25) is 0 Å². The predicted molar refractivity (Wildman–Crippen MR) is 104 cm³/mol. The van der Waals surface area contributed by atoms with E-state index < -0.39 is 6.10 Å². The lowest BCUT2D eigenvalue weighted by Crippen LogP contribution is -2.30. The highest BCUT2D eigenvalue weighted by molar-refractivity contribution is 6.07. The van der Waals surface area contributed by atoms with Crippen molar-refractivity contribution in [2.24, 2.45) is 0 Å². The van der Waals surface area contributed by atoms with Gasteiger partial charge in [0.15, 0.2) is 6.10 Å². The van der Waals surface area contributed by atoms with Crippen LogP contribution in [0.5, 0.6) is 5.75 Å². The van der Waals surface area contributed by atoms with E-state index >= 15 is 0 Å². The van der Waals surface area contributed by atoms with E-state index in [2.05, 4.69) is 5.32 Å². The van der Waals surface area contributed by atoms with Gasteiger partial charge in [-0.1, -0.05) is 30.3 Å². The van der Waals surface area contributed by atoms with Gasteiger partial charge in [0, 0.05) is 16.5 Å². The van der Waals surface area contributed by atoms with Crippen molar-refractivity contribution in [2.45, 2.75) is 20.0 Å². The fourth-order valence-corrected chi connectivity index (χ4v) is 2.99. The van der Waals surface area contributed by atoms with Crippen molar-refractivity contribution in [3.8, 4) is 5.75 Å². The van der Waals surface area contributed by atoms with Crippen molar-refractivity contribution in [1.82, 2.24) is 0 Å². The fourth-order valence-electron chi connectivity index (χ4n) is 2.99. The zero-order valence-electron chi connectivity index (χ0n) is 14.7. The molecule has 4 aromatic rings. The molecule has 1 aromatic heterocycles. The number of nitrogens with one attached hydrogen (secondary N) is 1. The smallest absolute Gasteiger partial charge is 0.265 e. The van der Waals surface area contributed by atoms with E-state index in [4.69, 9.17) is 9.15 Å². The lowest BCUT2D eigenvalue weighted by atomic mass is 10.1. The lowest BCUT2D eigenvalue weighted by Gasteiger charge is -2.15. The Bertz CT molecular complexity index is 1100. The Kier molecular flexibility index (Phi) is 4.09. The number of anilines is 1. The number of carbonyl (C=O) groups excluding carboxylic acids is 1. The van der Waals surface area contributed by atoms with Crippen LogP contribution >= 0.6 is 0 Å². The summed E-state index contributed by atoms with van der Waals surface area (Å²) in [5.74, 6) is 0.489. The molecule has 1 N–H and O–H groups in total. The second-order valence-electron chi connectivity index (χ2n) is 6.37. The number of fused-ring (bicyclic) bond motifs is 3. The monoisotopic (exact) mass is 345 g/mol. The maximum absolute atomic E-state index is 12.5. The fraction of sp³-hybridized carbons (Fsp3) is 0.136. The summed E-state index contributed by atoms with van der Waals surface area (Å²) in [5, 5.41) is 4.93. The van der Waals surface area contributed by atoms with Gasteiger partial charge in [-0.2, -0.15) is 0 Å². The van der Waals surface area contributed by atoms with Gasteiger partial charge in [-0.05, 0) is 55.8 Å². The van der Waals surface area contributed by atoms with Crippen molar-refractivity contribution in [3.05, 3.63) is 72.3 Å². The first-order valence-corrected chi connectivity index (χ1v) is 8.55. The van der Waals surface area contributed by atoms with E-state index in [1.165, 1.54) is 0 Å². The normalized spacial score (nSPS) is 12.2. The van der Waals surface area contributed by atoms with Crippen LogP contribution in [-0.4, -0.2) is 12.0 Å². The Morgan fingerprint density at radius 1 is 0.962 bits per heavy atom. The first kappa shape index (κ1) is 16.2. The average Bonchev–Trinajstić information content (AvgIpc) is 3.00. The quantitative estimate of drug-likeness (QED) is 0.546. The van der Waals surface area contributed by atoms with Crippen LogP contribution in [0.3, 0.4) is 0 Å². The molecule has 1 amide bonds. The number of ether oxygens (including phenoxy) is 1. The van der Waals surface area contributed by atoms with Gasteiger partial charge in [-0.25, -0.2) is 0 Å². The number of hydrogen-bond acceptors (Lipinski definition) is 3. The molecule has 26 heavy (non-hydrogen) atoms. The van der Waals surface area contributed by atoms with Crippen LogP contribution < -0.4 is 10.1 Å². The van der Waals surface area contributed by atoms with E-state index in [0.29, 0.717) is 11.4 Å². The maximum Gasteiger partial charge on any atom is 0.265 e. The van der Waals surface area contributed by atoms with Gasteiger partial charge in [0.2, 0.25) is 0 Å². The molecule has 4 nitrogen and oxygen atoms in total. The van der Waals surface area contributed by atoms with Gasteiger partial charge in [-0.3, -0.25) is 4.79 Å². The molecule has 0 bridgehead atoms. The van der Waals surface area contributed by atoms with Crippen LogP contribution in [-0.2, 0) is 4.79 Å². The van der Waals surface area contributed by atoms with E-state index in [1.807, 2.05) is 73.7 Å². The molecular weight excluding hydrogens is 326 g/mol. The minimum Gasteiger partial charge on any atom is -0.481 e. The van der Waals surface area contributed by atoms with Crippen molar-refractivity contribution < 1.29 is 13.9 Å². The summed E-state index contributed by atoms with van der Waals surface area (Å²) < 4.78 is 11.6. The third kappa shape index (κ3) is 3.14. The van der Waals surface area contributed by atoms with Crippen molar-refractivity contribution >= 4 is 33.5 Å². The summed E-state index contributed by atoms with van der Waals surface area (Å²) in [4.78, 5) is 12.5. The summed E-state index contributed by atoms with van der Waals surface area (Å²) in [7, 11) is 0. The number of carbonyl (C=O) groups is 1. The van der Waals surface area contributed by atoms with Crippen molar-refractivity contribution in [3.63, 3.8) is 0 Å². The molecule has 0 fully saturated rings. The largest absolute Gasteiger partial charge is 0.481 e. The third-order valence-electron chi connectivity index (χ3n) is 4.32. The Morgan fingerprint density at radius 3 is 2.62 bits per heavy atom.